The van der Waals surface area contributed by atoms with E-state index in [0.29, 0.717) is 12.1 Å². The predicted molar refractivity (Wildman–Crippen MR) is 62.6 cm³/mol. The number of hydrogen-bond acceptors (Lipinski definition) is 3. The number of hydrogen-bond donors (Lipinski definition) is 2. The van der Waals surface area contributed by atoms with Gasteiger partial charge >= 0.3 is 0 Å². The number of nitrogens with one attached hydrogen (secondary N) is 1. The van der Waals surface area contributed by atoms with Gasteiger partial charge in [-0.2, -0.15) is 0 Å². The van der Waals surface area contributed by atoms with Crippen LogP contribution >= 0.6 is 27.3 Å². The van der Waals surface area contributed by atoms with E-state index in [0.717, 1.165) is 17.3 Å². The zero-order valence-electron chi connectivity index (χ0n) is 8.03. The lowest BCUT2D eigenvalue weighted by Crippen LogP contribution is -2.44. The van der Waals surface area contributed by atoms with Crippen LogP contribution in [0, 0.1) is 0 Å². The van der Waals surface area contributed by atoms with Crippen LogP contribution in [0.15, 0.2) is 15.9 Å². The van der Waals surface area contributed by atoms with E-state index in [1.807, 2.05) is 0 Å². The minimum absolute atomic E-state index is 0.0743. The van der Waals surface area contributed by atoms with Crippen molar-refractivity contribution < 1.29 is 5.11 Å². The van der Waals surface area contributed by atoms with E-state index in [1.165, 1.54) is 4.88 Å². The van der Waals surface area contributed by atoms with Crippen molar-refractivity contribution in [3.8, 4) is 0 Å². The van der Waals surface area contributed by atoms with Crippen LogP contribution in [0.25, 0.3) is 0 Å². The minimum Gasteiger partial charge on any atom is -0.393 e. The van der Waals surface area contributed by atoms with Gasteiger partial charge in [-0.3, -0.25) is 0 Å². The molecule has 2 N–H and O–H groups in total. The summed E-state index contributed by atoms with van der Waals surface area (Å²) in [5.74, 6) is 0. The molecule has 14 heavy (non-hydrogen) atoms. The second-order valence-corrected chi connectivity index (χ2v) is 5.74. The maximum Gasteiger partial charge on any atom is 0.0570 e. The smallest absolute Gasteiger partial charge is 0.0570 e. The third-order valence-electron chi connectivity index (χ3n) is 2.61. The molecule has 0 amide bonds. The van der Waals surface area contributed by atoms with Crippen LogP contribution in [0.3, 0.4) is 0 Å². The maximum absolute atomic E-state index is 9.16. The Labute approximate surface area is 96.5 Å². The van der Waals surface area contributed by atoms with Crippen LogP contribution in [0.5, 0.6) is 0 Å². The quantitative estimate of drug-likeness (QED) is 0.889. The molecule has 0 aliphatic heterocycles. The number of aliphatic hydroxyl groups is 1. The number of halogens is 1. The fraction of sp³-hybridized carbons (Fsp3) is 0.600. The van der Waals surface area contributed by atoms with Gasteiger partial charge in [-0.05, 0) is 41.8 Å². The van der Waals surface area contributed by atoms with Gasteiger partial charge in [-0.15, -0.1) is 11.3 Å². The van der Waals surface area contributed by atoms with E-state index < -0.39 is 0 Å². The highest BCUT2D eigenvalue weighted by Crippen LogP contribution is 2.28. The highest BCUT2D eigenvalue weighted by atomic mass is 79.9. The molecule has 1 heterocycles. The Bertz CT molecular complexity index is 309. The molecule has 1 aliphatic rings. The van der Waals surface area contributed by atoms with Gasteiger partial charge in [0.2, 0.25) is 0 Å². The summed E-state index contributed by atoms with van der Waals surface area (Å²) < 4.78 is 1.15. The van der Waals surface area contributed by atoms with Crippen LogP contribution < -0.4 is 5.32 Å². The molecule has 4 heteroatoms. The van der Waals surface area contributed by atoms with E-state index in [-0.39, 0.29) is 6.10 Å². The summed E-state index contributed by atoms with van der Waals surface area (Å²) in [6.45, 7) is 2.17. The van der Waals surface area contributed by atoms with Gasteiger partial charge in [0.05, 0.1) is 6.10 Å². The monoisotopic (exact) mass is 275 g/mol. The number of thiophene rings is 1. The summed E-state index contributed by atoms with van der Waals surface area (Å²) in [7, 11) is 0. The number of aliphatic hydroxyl groups excluding tert-OH is 1. The molecule has 1 aromatic rings. The van der Waals surface area contributed by atoms with Crippen LogP contribution in [-0.2, 0) is 0 Å². The molecule has 1 atom stereocenters. The molecule has 0 bridgehead atoms. The van der Waals surface area contributed by atoms with Crippen molar-refractivity contribution in [2.45, 2.75) is 38.0 Å². The van der Waals surface area contributed by atoms with Crippen molar-refractivity contribution in [2.24, 2.45) is 0 Å². The summed E-state index contributed by atoms with van der Waals surface area (Å²) in [5.41, 5.74) is 0. The van der Waals surface area contributed by atoms with E-state index in [4.69, 9.17) is 5.11 Å². The van der Waals surface area contributed by atoms with Gasteiger partial charge in [-0.25, -0.2) is 0 Å². The lowest BCUT2D eigenvalue weighted by atomic mass is 9.89. The van der Waals surface area contributed by atoms with Crippen molar-refractivity contribution in [1.82, 2.24) is 5.32 Å². The fourth-order valence-corrected chi connectivity index (χ4v) is 3.18. The molecular formula is C10H14BrNOS. The standard InChI is InChI=1S/C10H14BrNOS/c1-6(10-2-7(11)5-14-10)12-8-3-9(13)4-8/h2,5-6,8-9,12-13H,3-4H2,1H3. The molecular weight excluding hydrogens is 262 g/mol. The summed E-state index contributed by atoms with van der Waals surface area (Å²) in [4.78, 5) is 1.35. The molecule has 1 saturated carbocycles. The van der Waals surface area contributed by atoms with E-state index in [9.17, 15) is 0 Å². The Balaban J connectivity index is 1.86. The second kappa shape index (κ2) is 4.31. The van der Waals surface area contributed by atoms with Crippen molar-refractivity contribution in [3.05, 3.63) is 20.8 Å². The van der Waals surface area contributed by atoms with Gasteiger partial charge in [0, 0.05) is 26.8 Å². The number of rotatable bonds is 3. The molecule has 78 valence electrons. The highest BCUT2D eigenvalue weighted by Gasteiger charge is 2.28. The first-order valence-electron chi connectivity index (χ1n) is 4.83. The van der Waals surface area contributed by atoms with Crippen molar-refractivity contribution >= 4 is 27.3 Å². The minimum atomic E-state index is -0.0743. The van der Waals surface area contributed by atoms with E-state index in [2.05, 4.69) is 39.6 Å². The molecule has 0 radical (unpaired) electrons. The molecule has 1 aliphatic carbocycles. The summed E-state index contributed by atoms with van der Waals surface area (Å²) >= 11 is 5.21. The zero-order valence-corrected chi connectivity index (χ0v) is 10.4. The second-order valence-electron chi connectivity index (χ2n) is 3.88. The molecule has 0 saturated heterocycles. The summed E-state index contributed by atoms with van der Waals surface area (Å²) in [6, 6.07) is 3.04. The van der Waals surface area contributed by atoms with Crippen LogP contribution in [0.1, 0.15) is 30.7 Å². The van der Waals surface area contributed by atoms with Crippen molar-refractivity contribution in [2.75, 3.05) is 0 Å². The largest absolute Gasteiger partial charge is 0.393 e. The Kier molecular flexibility index (Phi) is 3.27. The summed E-state index contributed by atoms with van der Waals surface area (Å²) in [5, 5.41) is 14.8. The maximum atomic E-state index is 9.16. The Morgan fingerprint density at radius 3 is 2.86 bits per heavy atom. The molecule has 1 fully saturated rings. The first kappa shape index (κ1) is 10.6. The van der Waals surface area contributed by atoms with Crippen LogP contribution in [0.2, 0.25) is 0 Å². The topological polar surface area (TPSA) is 32.3 Å². The first-order valence-corrected chi connectivity index (χ1v) is 6.50. The Hall–Kier alpha value is 0.1000. The SMILES string of the molecule is CC(NC1CC(O)C1)c1cc(Br)cs1. The lowest BCUT2D eigenvalue weighted by molar-refractivity contribution is 0.0587. The fourth-order valence-electron chi connectivity index (χ4n) is 1.71. The zero-order chi connectivity index (χ0) is 10.1. The Morgan fingerprint density at radius 2 is 2.36 bits per heavy atom. The molecule has 2 rings (SSSR count). The van der Waals surface area contributed by atoms with Crippen molar-refractivity contribution in [1.29, 1.82) is 0 Å². The molecule has 0 aromatic carbocycles. The first-order chi connectivity index (χ1) is 6.65. The third kappa shape index (κ3) is 2.37. The van der Waals surface area contributed by atoms with E-state index >= 15 is 0 Å². The highest BCUT2D eigenvalue weighted by molar-refractivity contribution is 9.10. The molecule has 1 unspecified atom stereocenters. The molecule has 1 aromatic heterocycles. The van der Waals surface area contributed by atoms with Crippen molar-refractivity contribution in [3.63, 3.8) is 0 Å². The average Bonchev–Trinajstić information content (AvgIpc) is 2.49. The predicted octanol–water partition coefficient (Wildman–Crippen LogP) is 2.68. The molecule has 2 nitrogen and oxygen atoms in total. The van der Waals surface area contributed by atoms with Crippen LogP contribution in [0.4, 0.5) is 0 Å². The van der Waals surface area contributed by atoms with Gasteiger partial charge in [0.15, 0.2) is 0 Å². The normalized spacial score (nSPS) is 28.5. The van der Waals surface area contributed by atoms with Gasteiger partial charge in [0.1, 0.15) is 0 Å². The van der Waals surface area contributed by atoms with Gasteiger partial charge in [-0.1, -0.05) is 0 Å². The average molecular weight is 276 g/mol. The van der Waals surface area contributed by atoms with Gasteiger partial charge < -0.3 is 10.4 Å². The van der Waals surface area contributed by atoms with Crippen LogP contribution in [-0.4, -0.2) is 17.3 Å². The van der Waals surface area contributed by atoms with Gasteiger partial charge in [0.25, 0.3) is 0 Å². The lowest BCUT2D eigenvalue weighted by Gasteiger charge is -2.34. The summed E-state index contributed by atoms with van der Waals surface area (Å²) in [6.07, 6.45) is 1.73. The van der Waals surface area contributed by atoms with E-state index in [1.54, 1.807) is 11.3 Å². The third-order valence-corrected chi connectivity index (χ3v) is 4.49. The Morgan fingerprint density at radius 1 is 1.64 bits per heavy atom. The molecule has 0 spiro atoms.